The molecular formula is C15H24O2. The molecule has 0 saturated heterocycles. The summed E-state index contributed by atoms with van der Waals surface area (Å²) in [6.45, 7) is 8.61. The number of phenolic OH excluding ortho intramolecular Hbond substituents is 1. The summed E-state index contributed by atoms with van der Waals surface area (Å²) in [5.41, 5.74) is 3.16. The molecule has 0 bridgehead atoms. The van der Waals surface area contributed by atoms with Crippen LogP contribution in [0.15, 0.2) is 12.1 Å². The maximum absolute atomic E-state index is 10.3. The van der Waals surface area contributed by atoms with Crippen molar-refractivity contribution in [1.82, 2.24) is 0 Å². The number of benzene rings is 1. The standard InChI is InChI=1S/C15H24O2/c1-11-9-12(7-5-6-8-16)14(17)13(10-11)15(2,3)4/h9-10,16-17H,5-8H2,1-4H3. The van der Waals surface area contributed by atoms with E-state index in [1.165, 1.54) is 5.56 Å². The molecule has 0 amide bonds. The molecule has 0 aliphatic heterocycles. The van der Waals surface area contributed by atoms with Crippen LogP contribution < -0.4 is 0 Å². The van der Waals surface area contributed by atoms with Crippen LogP contribution >= 0.6 is 0 Å². The highest BCUT2D eigenvalue weighted by Crippen LogP contribution is 2.34. The molecule has 1 rings (SSSR count). The van der Waals surface area contributed by atoms with Crippen molar-refractivity contribution < 1.29 is 10.2 Å². The first-order valence-corrected chi connectivity index (χ1v) is 6.30. The van der Waals surface area contributed by atoms with Crippen LogP contribution in [0.5, 0.6) is 5.75 Å². The van der Waals surface area contributed by atoms with Crippen molar-refractivity contribution in [1.29, 1.82) is 0 Å². The molecule has 0 aromatic heterocycles. The third-order valence-corrected chi connectivity index (χ3v) is 3.00. The predicted octanol–water partition coefficient (Wildman–Crippen LogP) is 3.31. The summed E-state index contributed by atoms with van der Waals surface area (Å²) in [6.07, 6.45) is 2.53. The minimum Gasteiger partial charge on any atom is -0.507 e. The molecule has 96 valence electrons. The van der Waals surface area contributed by atoms with Crippen LogP contribution in [0.25, 0.3) is 0 Å². The monoisotopic (exact) mass is 236 g/mol. The Morgan fingerprint density at radius 2 is 1.76 bits per heavy atom. The Hall–Kier alpha value is -1.02. The second-order valence-electron chi connectivity index (χ2n) is 5.75. The molecule has 2 N–H and O–H groups in total. The summed E-state index contributed by atoms with van der Waals surface area (Å²) in [7, 11) is 0. The number of aliphatic hydroxyl groups is 1. The van der Waals surface area contributed by atoms with Gasteiger partial charge in [-0.3, -0.25) is 0 Å². The average molecular weight is 236 g/mol. The van der Waals surface area contributed by atoms with Gasteiger partial charge in [-0.2, -0.15) is 0 Å². The maximum atomic E-state index is 10.3. The number of unbranched alkanes of at least 4 members (excludes halogenated alkanes) is 1. The SMILES string of the molecule is Cc1cc(CCCCO)c(O)c(C(C)(C)C)c1. The highest BCUT2D eigenvalue weighted by Gasteiger charge is 2.20. The van der Waals surface area contributed by atoms with Crippen molar-refractivity contribution in [2.75, 3.05) is 6.61 Å². The molecule has 0 saturated carbocycles. The summed E-state index contributed by atoms with van der Waals surface area (Å²) in [5, 5.41) is 19.1. The Kier molecular flexibility index (Phi) is 4.58. The largest absolute Gasteiger partial charge is 0.507 e. The lowest BCUT2D eigenvalue weighted by Crippen LogP contribution is -2.12. The van der Waals surface area contributed by atoms with Crippen LogP contribution in [0.4, 0.5) is 0 Å². The van der Waals surface area contributed by atoms with Gasteiger partial charge in [0.25, 0.3) is 0 Å². The summed E-state index contributed by atoms with van der Waals surface area (Å²) < 4.78 is 0. The molecule has 0 heterocycles. The molecule has 0 atom stereocenters. The lowest BCUT2D eigenvalue weighted by atomic mass is 9.83. The molecule has 0 aliphatic rings. The van der Waals surface area contributed by atoms with Crippen LogP contribution in [0.3, 0.4) is 0 Å². The number of rotatable bonds is 4. The van der Waals surface area contributed by atoms with E-state index in [1.807, 2.05) is 6.07 Å². The lowest BCUT2D eigenvalue weighted by molar-refractivity contribution is 0.284. The first-order chi connectivity index (χ1) is 7.86. The van der Waals surface area contributed by atoms with Crippen LogP contribution in [0.2, 0.25) is 0 Å². The van der Waals surface area contributed by atoms with Gasteiger partial charge in [0.05, 0.1) is 0 Å². The van der Waals surface area contributed by atoms with E-state index < -0.39 is 0 Å². The van der Waals surface area contributed by atoms with Crippen LogP contribution in [0, 0.1) is 6.92 Å². The van der Waals surface area contributed by atoms with Gasteiger partial charge >= 0.3 is 0 Å². The van der Waals surface area contributed by atoms with Crippen LogP contribution in [-0.2, 0) is 11.8 Å². The molecule has 0 spiro atoms. The van der Waals surface area contributed by atoms with E-state index >= 15 is 0 Å². The van der Waals surface area contributed by atoms with Gasteiger partial charge in [0.15, 0.2) is 0 Å². The van der Waals surface area contributed by atoms with E-state index in [-0.39, 0.29) is 12.0 Å². The molecule has 0 aliphatic carbocycles. The first kappa shape index (κ1) is 14.0. The van der Waals surface area contributed by atoms with E-state index in [2.05, 4.69) is 33.8 Å². The van der Waals surface area contributed by atoms with Gasteiger partial charge in [-0.05, 0) is 42.7 Å². The molecule has 2 nitrogen and oxygen atoms in total. The zero-order valence-electron chi connectivity index (χ0n) is 11.4. The van der Waals surface area contributed by atoms with Gasteiger partial charge in [0.1, 0.15) is 5.75 Å². The fourth-order valence-corrected chi connectivity index (χ4v) is 2.04. The molecule has 17 heavy (non-hydrogen) atoms. The molecular weight excluding hydrogens is 212 g/mol. The number of hydrogen-bond acceptors (Lipinski definition) is 2. The van der Waals surface area contributed by atoms with Gasteiger partial charge in [-0.15, -0.1) is 0 Å². The van der Waals surface area contributed by atoms with Gasteiger partial charge in [0.2, 0.25) is 0 Å². The van der Waals surface area contributed by atoms with Gasteiger partial charge in [0, 0.05) is 6.61 Å². The second-order valence-corrected chi connectivity index (χ2v) is 5.75. The van der Waals surface area contributed by atoms with E-state index in [4.69, 9.17) is 5.11 Å². The number of aromatic hydroxyl groups is 1. The fraction of sp³-hybridized carbons (Fsp3) is 0.600. The summed E-state index contributed by atoms with van der Waals surface area (Å²) >= 11 is 0. The number of phenols is 1. The van der Waals surface area contributed by atoms with E-state index in [0.29, 0.717) is 5.75 Å². The molecule has 1 aromatic rings. The number of aliphatic hydroxyl groups excluding tert-OH is 1. The topological polar surface area (TPSA) is 40.5 Å². The number of hydrogen-bond donors (Lipinski definition) is 2. The Bertz CT molecular complexity index is 375. The highest BCUT2D eigenvalue weighted by molar-refractivity contribution is 5.46. The molecule has 1 aromatic carbocycles. The van der Waals surface area contributed by atoms with Crippen molar-refractivity contribution in [2.45, 2.75) is 52.4 Å². The Labute approximate surface area is 104 Å². The Morgan fingerprint density at radius 3 is 2.29 bits per heavy atom. The molecule has 0 fully saturated rings. The Balaban J connectivity index is 3.02. The minimum absolute atomic E-state index is 0.0398. The third-order valence-electron chi connectivity index (χ3n) is 3.00. The van der Waals surface area contributed by atoms with Crippen molar-refractivity contribution >= 4 is 0 Å². The number of aryl methyl sites for hydroxylation is 2. The zero-order chi connectivity index (χ0) is 13.1. The first-order valence-electron chi connectivity index (χ1n) is 6.30. The normalized spacial score (nSPS) is 11.8. The van der Waals surface area contributed by atoms with Gasteiger partial charge in [-0.1, -0.05) is 38.5 Å². The molecule has 0 unspecified atom stereocenters. The van der Waals surface area contributed by atoms with Crippen molar-refractivity contribution in [3.05, 3.63) is 28.8 Å². The van der Waals surface area contributed by atoms with E-state index in [1.54, 1.807) is 0 Å². The van der Waals surface area contributed by atoms with Gasteiger partial charge < -0.3 is 10.2 Å². The summed E-state index contributed by atoms with van der Waals surface area (Å²) in [6, 6.07) is 4.10. The predicted molar refractivity (Wildman–Crippen MR) is 71.6 cm³/mol. The van der Waals surface area contributed by atoms with Gasteiger partial charge in [-0.25, -0.2) is 0 Å². The lowest BCUT2D eigenvalue weighted by Gasteiger charge is -2.23. The second kappa shape index (κ2) is 5.54. The average Bonchev–Trinajstić information content (AvgIpc) is 2.21. The summed E-state index contributed by atoms with van der Waals surface area (Å²) in [5.74, 6) is 0.432. The molecule has 2 heteroatoms. The minimum atomic E-state index is -0.0398. The van der Waals surface area contributed by atoms with Crippen LogP contribution in [-0.4, -0.2) is 16.8 Å². The van der Waals surface area contributed by atoms with E-state index in [9.17, 15) is 5.11 Å². The smallest absolute Gasteiger partial charge is 0.122 e. The third kappa shape index (κ3) is 3.74. The van der Waals surface area contributed by atoms with Crippen molar-refractivity contribution in [3.8, 4) is 5.75 Å². The summed E-state index contributed by atoms with van der Waals surface area (Å²) in [4.78, 5) is 0. The quantitative estimate of drug-likeness (QED) is 0.787. The van der Waals surface area contributed by atoms with E-state index in [0.717, 1.165) is 30.4 Å². The molecule has 0 radical (unpaired) electrons. The van der Waals surface area contributed by atoms with Crippen molar-refractivity contribution in [2.24, 2.45) is 0 Å². The highest BCUT2D eigenvalue weighted by atomic mass is 16.3. The maximum Gasteiger partial charge on any atom is 0.122 e. The zero-order valence-corrected chi connectivity index (χ0v) is 11.4. The Morgan fingerprint density at radius 1 is 1.12 bits per heavy atom. The fourth-order valence-electron chi connectivity index (χ4n) is 2.04. The van der Waals surface area contributed by atoms with Crippen molar-refractivity contribution in [3.63, 3.8) is 0 Å². The van der Waals surface area contributed by atoms with Crippen LogP contribution in [0.1, 0.15) is 50.3 Å².